The molecule has 0 aromatic carbocycles. The first-order valence-corrected chi connectivity index (χ1v) is 7.78. The van der Waals surface area contributed by atoms with Crippen LogP contribution in [0.25, 0.3) is 27.8 Å². The zero-order valence-electron chi connectivity index (χ0n) is 11.8. The third-order valence-electron chi connectivity index (χ3n) is 3.46. The lowest BCUT2D eigenvalue weighted by Crippen LogP contribution is -2.05. The number of carbonyl (C=O) groups is 1. The zero-order chi connectivity index (χ0) is 15.8. The number of pyridine rings is 1. The SMILES string of the molecule is O=C(O)Cc1c(-c2ccco2)nc2scc(-c3ccccn3)n12. The lowest BCUT2D eigenvalue weighted by Gasteiger charge is -2.03. The maximum atomic E-state index is 11.3. The molecule has 0 saturated heterocycles. The Morgan fingerprint density at radius 1 is 1.30 bits per heavy atom. The molecule has 0 spiro atoms. The number of carboxylic acids is 1. The molecule has 4 rings (SSSR count). The van der Waals surface area contributed by atoms with Gasteiger partial charge in [-0.3, -0.25) is 14.2 Å². The normalized spacial score (nSPS) is 11.1. The Labute approximate surface area is 134 Å². The van der Waals surface area contributed by atoms with Crippen LogP contribution in [0.2, 0.25) is 0 Å². The summed E-state index contributed by atoms with van der Waals surface area (Å²) in [7, 11) is 0. The summed E-state index contributed by atoms with van der Waals surface area (Å²) in [4.78, 5) is 20.9. The van der Waals surface area contributed by atoms with Crippen molar-refractivity contribution in [3.05, 3.63) is 53.9 Å². The van der Waals surface area contributed by atoms with E-state index in [-0.39, 0.29) is 6.42 Å². The van der Waals surface area contributed by atoms with Gasteiger partial charge in [-0.05, 0) is 24.3 Å². The summed E-state index contributed by atoms with van der Waals surface area (Å²) >= 11 is 1.45. The number of hydrogen-bond donors (Lipinski definition) is 1. The molecule has 1 N–H and O–H groups in total. The molecule has 4 aromatic rings. The molecule has 0 radical (unpaired) electrons. The number of furan rings is 1. The first kappa shape index (κ1) is 13.7. The van der Waals surface area contributed by atoms with E-state index < -0.39 is 5.97 Å². The molecule has 4 aromatic heterocycles. The van der Waals surface area contributed by atoms with Gasteiger partial charge in [-0.25, -0.2) is 4.98 Å². The van der Waals surface area contributed by atoms with Crippen LogP contribution < -0.4 is 0 Å². The van der Waals surface area contributed by atoms with Gasteiger partial charge in [0.25, 0.3) is 0 Å². The van der Waals surface area contributed by atoms with Gasteiger partial charge in [0.15, 0.2) is 10.7 Å². The minimum absolute atomic E-state index is 0.145. The number of thiazole rings is 1. The summed E-state index contributed by atoms with van der Waals surface area (Å²) in [5, 5.41) is 11.2. The lowest BCUT2D eigenvalue weighted by atomic mass is 10.2. The van der Waals surface area contributed by atoms with Gasteiger partial charge in [-0.15, -0.1) is 11.3 Å². The van der Waals surface area contributed by atoms with Crippen LogP contribution in [0.3, 0.4) is 0 Å². The predicted octanol–water partition coefficient (Wildman–Crippen LogP) is 3.34. The van der Waals surface area contributed by atoms with Crippen LogP contribution >= 0.6 is 11.3 Å². The third kappa shape index (κ3) is 2.31. The quantitative estimate of drug-likeness (QED) is 0.622. The van der Waals surface area contributed by atoms with Crippen molar-refractivity contribution in [2.75, 3.05) is 0 Å². The molecular formula is C16H11N3O3S. The molecule has 0 atom stereocenters. The first-order chi connectivity index (χ1) is 11.2. The van der Waals surface area contributed by atoms with E-state index in [0.717, 1.165) is 11.4 Å². The standard InChI is InChI=1S/C16H11N3O3S/c20-14(21)8-11-15(13-5-3-7-22-13)18-16-19(11)12(9-23-16)10-4-1-2-6-17-10/h1-7,9H,8H2,(H,20,21). The van der Waals surface area contributed by atoms with Gasteiger partial charge >= 0.3 is 5.97 Å². The van der Waals surface area contributed by atoms with Crippen LogP contribution in [0.5, 0.6) is 0 Å². The molecule has 0 amide bonds. The molecule has 23 heavy (non-hydrogen) atoms. The van der Waals surface area contributed by atoms with E-state index in [1.807, 2.05) is 28.0 Å². The Morgan fingerprint density at radius 3 is 2.91 bits per heavy atom. The largest absolute Gasteiger partial charge is 0.481 e. The van der Waals surface area contributed by atoms with Crippen molar-refractivity contribution in [2.24, 2.45) is 0 Å². The first-order valence-electron chi connectivity index (χ1n) is 6.90. The Bertz CT molecular complexity index is 971. The molecule has 0 saturated carbocycles. The molecular weight excluding hydrogens is 314 g/mol. The average Bonchev–Trinajstić information content (AvgIpc) is 3.25. The minimum atomic E-state index is -0.919. The number of carboxylic acid groups (broad SMARTS) is 1. The van der Waals surface area contributed by atoms with Crippen molar-refractivity contribution in [1.29, 1.82) is 0 Å². The van der Waals surface area contributed by atoms with Crippen LogP contribution in [0.1, 0.15) is 5.69 Å². The van der Waals surface area contributed by atoms with Gasteiger partial charge in [0.1, 0.15) is 5.69 Å². The topological polar surface area (TPSA) is 80.6 Å². The molecule has 0 aliphatic rings. The van der Waals surface area contributed by atoms with Crippen LogP contribution in [-0.2, 0) is 11.2 Å². The highest BCUT2D eigenvalue weighted by Gasteiger charge is 2.22. The van der Waals surface area contributed by atoms with E-state index in [1.54, 1.807) is 24.6 Å². The highest BCUT2D eigenvalue weighted by molar-refractivity contribution is 7.15. The number of aromatic nitrogens is 3. The fraction of sp³-hybridized carbons (Fsp3) is 0.0625. The predicted molar refractivity (Wildman–Crippen MR) is 85.3 cm³/mol. The molecule has 0 unspecified atom stereocenters. The van der Waals surface area contributed by atoms with Crippen molar-refractivity contribution in [3.63, 3.8) is 0 Å². The second-order valence-electron chi connectivity index (χ2n) is 4.91. The Morgan fingerprint density at radius 2 is 2.22 bits per heavy atom. The van der Waals surface area contributed by atoms with E-state index in [9.17, 15) is 9.90 Å². The number of aliphatic carboxylic acids is 1. The summed E-state index contributed by atoms with van der Waals surface area (Å²) in [5.41, 5.74) is 2.74. The molecule has 4 heterocycles. The average molecular weight is 325 g/mol. The smallest absolute Gasteiger partial charge is 0.309 e. The van der Waals surface area contributed by atoms with E-state index in [4.69, 9.17) is 4.42 Å². The molecule has 7 heteroatoms. The summed E-state index contributed by atoms with van der Waals surface area (Å²) in [6, 6.07) is 9.16. The Hall–Kier alpha value is -2.93. The van der Waals surface area contributed by atoms with Gasteiger partial charge in [0.05, 0.1) is 29.8 Å². The van der Waals surface area contributed by atoms with Crippen molar-refractivity contribution >= 4 is 22.3 Å². The molecule has 0 fully saturated rings. The Balaban J connectivity index is 1.99. The molecule has 0 bridgehead atoms. The molecule has 0 aliphatic carbocycles. The zero-order valence-corrected chi connectivity index (χ0v) is 12.7. The van der Waals surface area contributed by atoms with Crippen LogP contribution in [0, 0.1) is 0 Å². The second kappa shape index (κ2) is 5.36. The van der Waals surface area contributed by atoms with Gasteiger partial charge in [-0.2, -0.15) is 0 Å². The maximum absolute atomic E-state index is 11.3. The van der Waals surface area contributed by atoms with Crippen molar-refractivity contribution in [2.45, 2.75) is 6.42 Å². The van der Waals surface area contributed by atoms with Gasteiger partial charge in [0.2, 0.25) is 0 Å². The minimum Gasteiger partial charge on any atom is -0.481 e. The third-order valence-corrected chi connectivity index (χ3v) is 4.29. The number of fused-ring (bicyclic) bond motifs is 1. The monoisotopic (exact) mass is 325 g/mol. The van der Waals surface area contributed by atoms with E-state index in [1.165, 1.54) is 11.3 Å². The highest BCUT2D eigenvalue weighted by Crippen LogP contribution is 2.32. The summed E-state index contributed by atoms with van der Waals surface area (Å²) in [6.45, 7) is 0. The number of imidazole rings is 1. The van der Waals surface area contributed by atoms with Crippen LogP contribution in [0.15, 0.2) is 52.6 Å². The van der Waals surface area contributed by atoms with Crippen molar-refractivity contribution < 1.29 is 14.3 Å². The van der Waals surface area contributed by atoms with Gasteiger partial charge in [0, 0.05) is 11.6 Å². The second-order valence-corrected chi connectivity index (χ2v) is 5.75. The van der Waals surface area contributed by atoms with Gasteiger partial charge in [-0.1, -0.05) is 6.07 Å². The van der Waals surface area contributed by atoms with E-state index in [0.29, 0.717) is 22.1 Å². The summed E-state index contributed by atoms with van der Waals surface area (Å²) < 4.78 is 7.25. The fourth-order valence-electron chi connectivity index (χ4n) is 2.53. The van der Waals surface area contributed by atoms with Gasteiger partial charge < -0.3 is 9.52 Å². The Kier molecular flexibility index (Phi) is 3.20. The molecule has 6 nitrogen and oxygen atoms in total. The van der Waals surface area contributed by atoms with Crippen LogP contribution in [-0.4, -0.2) is 25.4 Å². The number of nitrogens with zero attached hydrogens (tertiary/aromatic N) is 3. The molecule has 114 valence electrons. The van der Waals surface area contributed by atoms with Crippen molar-refractivity contribution in [3.8, 4) is 22.8 Å². The number of hydrogen-bond acceptors (Lipinski definition) is 5. The summed E-state index contributed by atoms with van der Waals surface area (Å²) in [6.07, 6.45) is 3.11. The summed E-state index contributed by atoms with van der Waals surface area (Å²) in [5.74, 6) is -0.359. The highest BCUT2D eigenvalue weighted by atomic mass is 32.1. The van der Waals surface area contributed by atoms with Crippen LogP contribution in [0.4, 0.5) is 0 Å². The van der Waals surface area contributed by atoms with E-state index in [2.05, 4.69) is 9.97 Å². The number of rotatable bonds is 4. The molecule has 0 aliphatic heterocycles. The maximum Gasteiger partial charge on any atom is 0.309 e. The van der Waals surface area contributed by atoms with Crippen molar-refractivity contribution in [1.82, 2.24) is 14.4 Å². The van der Waals surface area contributed by atoms with E-state index >= 15 is 0 Å². The lowest BCUT2D eigenvalue weighted by molar-refractivity contribution is -0.136. The fourth-order valence-corrected chi connectivity index (χ4v) is 3.43.